The molecule has 1 saturated heterocycles. The molecule has 0 spiro atoms. The third-order valence-corrected chi connectivity index (χ3v) is 4.63. The summed E-state index contributed by atoms with van der Waals surface area (Å²) in [6, 6.07) is 7.30. The maximum Gasteiger partial charge on any atom is 0.0935 e. The minimum Gasteiger partial charge on any atom is -0.310 e. The van der Waals surface area contributed by atoms with Crippen LogP contribution in [0.4, 0.5) is 0 Å². The van der Waals surface area contributed by atoms with Gasteiger partial charge in [0.15, 0.2) is 0 Å². The molecule has 0 amide bonds. The first-order valence-corrected chi connectivity index (χ1v) is 7.31. The highest BCUT2D eigenvalue weighted by Crippen LogP contribution is 2.29. The molecule has 0 aliphatic carbocycles. The Balaban J connectivity index is 1.94. The van der Waals surface area contributed by atoms with Crippen LogP contribution in [-0.4, -0.2) is 11.5 Å². The summed E-state index contributed by atoms with van der Waals surface area (Å²) in [6.07, 6.45) is 4.97. The number of rotatable bonds is 2. The average molecular weight is 246 g/mol. The van der Waals surface area contributed by atoms with E-state index in [2.05, 4.69) is 35.4 Å². The van der Waals surface area contributed by atoms with E-state index in [9.17, 15) is 0 Å². The Morgan fingerprint density at radius 3 is 3.12 bits per heavy atom. The Morgan fingerprint density at radius 2 is 2.35 bits per heavy atom. The maximum absolute atomic E-state index is 4.62. The van der Waals surface area contributed by atoms with Gasteiger partial charge >= 0.3 is 0 Å². The van der Waals surface area contributed by atoms with Gasteiger partial charge in [0.2, 0.25) is 0 Å². The zero-order valence-electron chi connectivity index (χ0n) is 10.2. The molecule has 1 aromatic carbocycles. The van der Waals surface area contributed by atoms with Crippen molar-refractivity contribution in [3.05, 3.63) is 28.8 Å². The summed E-state index contributed by atoms with van der Waals surface area (Å²) in [7, 11) is 0. The molecule has 0 radical (unpaired) electrons. The molecule has 1 unspecified atom stereocenters. The number of piperidine rings is 1. The van der Waals surface area contributed by atoms with E-state index >= 15 is 0 Å². The molecule has 2 nitrogen and oxygen atoms in total. The molecule has 2 aromatic rings. The summed E-state index contributed by atoms with van der Waals surface area (Å²) >= 11 is 1.84. The van der Waals surface area contributed by atoms with E-state index in [-0.39, 0.29) is 0 Å². The Kier molecular flexibility index (Phi) is 3.12. The number of fused-ring (bicyclic) bond motifs is 1. The van der Waals surface area contributed by atoms with E-state index < -0.39 is 0 Å². The van der Waals surface area contributed by atoms with Gasteiger partial charge in [-0.05, 0) is 43.5 Å². The van der Waals surface area contributed by atoms with Gasteiger partial charge < -0.3 is 5.32 Å². The minimum absolute atomic E-state index is 0.556. The van der Waals surface area contributed by atoms with Crippen molar-refractivity contribution in [3.8, 4) is 0 Å². The molecule has 1 aliphatic heterocycles. The van der Waals surface area contributed by atoms with E-state index in [1.807, 2.05) is 11.3 Å². The maximum atomic E-state index is 4.62. The molecule has 0 saturated carbocycles. The number of thiazole rings is 1. The van der Waals surface area contributed by atoms with Gasteiger partial charge in [0.05, 0.1) is 15.2 Å². The fraction of sp³-hybridized carbons (Fsp3) is 0.500. The third kappa shape index (κ3) is 2.22. The zero-order valence-corrected chi connectivity index (χ0v) is 11.0. The lowest BCUT2D eigenvalue weighted by atomic mass is 9.97. The number of benzene rings is 1. The number of aromatic nitrogens is 1. The van der Waals surface area contributed by atoms with Crippen LogP contribution < -0.4 is 5.32 Å². The molecule has 1 aromatic heterocycles. The van der Waals surface area contributed by atoms with Crippen LogP contribution >= 0.6 is 11.3 Å². The highest BCUT2D eigenvalue weighted by Gasteiger charge is 2.15. The van der Waals surface area contributed by atoms with Crippen LogP contribution in [0.2, 0.25) is 0 Å². The van der Waals surface area contributed by atoms with Crippen LogP contribution in [0.15, 0.2) is 18.2 Å². The van der Waals surface area contributed by atoms with Crippen molar-refractivity contribution in [1.29, 1.82) is 0 Å². The monoisotopic (exact) mass is 246 g/mol. The van der Waals surface area contributed by atoms with Gasteiger partial charge in [-0.3, -0.25) is 0 Å². The second-order valence-corrected chi connectivity index (χ2v) is 5.81. The topological polar surface area (TPSA) is 24.9 Å². The predicted molar refractivity (Wildman–Crippen MR) is 73.6 cm³/mol. The number of nitrogens with one attached hydrogen (secondary N) is 1. The molecule has 90 valence electrons. The van der Waals surface area contributed by atoms with Gasteiger partial charge in [-0.2, -0.15) is 0 Å². The van der Waals surface area contributed by atoms with E-state index in [1.165, 1.54) is 34.5 Å². The minimum atomic E-state index is 0.556. The normalized spacial score (nSPS) is 20.9. The Hall–Kier alpha value is -0.930. The first kappa shape index (κ1) is 11.2. The van der Waals surface area contributed by atoms with Crippen LogP contribution in [0.5, 0.6) is 0 Å². The first-order valence-electron chi connectivity index (χ1n) is 6.49. The standard InChI is InChI=1S/C14H18N2S/c1-2-14-16-12-7-6-10(9-13(12)17-14)11-5-3-4-8-15-11/h6-7,9,11,15H,2-5,8H2,1H3. The van der Waals surface area contributed by atoms with Gasteiger partial charge in [0, 0.05) is 6.04 Å². The number of aryl methyl sites for hydroxylation is 1. The SMILES string of the molecule is CCc1nc2ccc(C3CCCCN3)cc2s1. The van der Waals surface area contributed by atoms with E-state index in [0.717, 1.165) is 18.5 Å². The fourth-order valence-electron chi connectivity index (χ4n) is 2.49. The molecule has 2 heterocycles. The van der Waals surface area contributed by atoms with E-state index in [0.29, 0.717) is 6.04 Å². The summed E-state index contributed by atoms with van der Waals surface area (Å²) in [5.41, 5.74) is 2.59. The second kappa shape index (κ2) is 4.75. The summed E-state index contributed by atoms with van der Waals surface area (Å²) in [6.45, 7) is 3.33. The largest absolute Gasteiger partial charge is 0.310 e. The van der Waals surface area contributed by atoms with Crippen LogP contribution in [0, 0.1) is 0 Å². The van der Waals surface area contributed by atoms with Crippen molar-refractivity contribution in [2.45, 2.75) is 38.6 Å². The van der Waals surface area contributed by atoms with Crippen molar-refractivity contribution in [1.82, 2.24) is 10.3 Å². The van der Waals surface area contributed by atoms with Crippen molar-refractivity contribution >= 4 is 21.6 Å². The van der Waals surface area contributed by atoms with Crippen LogP contribution in [0.3, 0.4) is 0 Å². The van der Waals surface area contributed by atoms with Crippen LogP contribution in [0.1, 0.15) is 42.8 Å². The Labute approximate surface area is 106 Å². The summed E-state index contributed by atoms with van der Waals surface area (Å²) in [5.74, 6) is 0. The molecule has 1 fully saturated rings. The fourth-order valence-corrected chi connectivity index (χ4v) is 3.45. The molecule has 1 N–H and O–H groups in total. The van der Waals surface area contributed by atoms with Crippen molar-refractivity contribution < 1.29 is 0 Å². The highest BCUT2D eigenvalue weighted by atomic mass is 32.1. The molecular formula is C14H18N2S. The van der Waals surface area contributed by atoms with E-state index in [1.54, 1.807) is 0 Å². The molecule has 0 bridgehead atoms. The van der Waals surface area contributed by atoms with Gasteiger partial charge in [0.25, 0.3) is 0 Å². The van der Waals surface area contributed by atoms with Crippen molar-refractivity contribution in [2.75, 3.05) is 6.54 Å². The van der Waals surface area contributed by atoms with Gasteiger partial charge in [0.1, 0.15) is 0 Å². The van der Waals surface area contributed by atoms with Crippen LogP contribution in [0.25, 0.3) is 10.2 Å². The number of hydrogen-bond acceptors (Lipinski definition) is 3. The molecule has 1 atom stereocenters. The Morgan fingerprint density at radius 1 is 1.41 bits per heavy atom. The number of nitrogens with zero attached hydrogens (tertiary/aromatic N) is 1. The third-order valence-electron chi connectivity index (χ3n) is 3.47. The molecule has 3 rings (SSSR count). The average Bonchev–Trinajstić information content (AvgIpc) is 2.81. The van der Waals surface area contributed by atoms with Gasteiger partial charge in [-0.15, -0.1) is 11.3 Å². The van der Waals surface area contributed by atoms with Gasteiger partial charge in [-0.25, -0.2) is 4.98 Å². The molecular weight excluding hydrogens is 228 g/mol. The lowest BCUT2D eigenvalue weighted by molar-refractivity contribution is 0.412. The lowest BCUT2D eigenvalue weighted by Gasteiger charge is -2.23. The quantitative estimate of drug-likeness (QED) is 0.874. The molecule has 3 heteroatoms. The summed E-state index contributed by atoms with van der Waals surface area (Å²) in [4.78, 5) is 4.62. The second-order valence-electron chi connectivity index (χ2n) is 4.69. The molecule has 1 aliphatic rings. The van der Waals surface area contributed by atoms with Crippen LogP contribution in [-0.2, 0) is 6.42 Å². The lowest BCUT2D eigenvalue weighted by Crippen LogP contribution is -2.26. The van der Waals surface area contributed by atoms with Crippen molar-refractivity contribution in [2.24, 2.45) is 0 Å². The predicted octanol–water partition coefficient (Wildman–Crippen LogP) is 3.67. The van der Waals surface area contributed by atoms with E-state index in [4.69, 9.17) is 0 Å². The number of hydrogen-bond donors (Lipinski definition) is 1. The first-order chi connectivity index (χ1) is 8.36. The molecule has 17 heavy (non-hydrogen) atoms. The summed E-state index contributed by atoms with van der Waals surface area (Å²) in [5, 5.41) is 4.85. The zero-order chi connectivity index (χ0) is 11.7. The van der Waals surface area contributed by atoms with Gasteiger partial charge in [-0.1, -0.05) is 19.4 Å². The van der Waals surface area contributed by atoms with Crippen molar-refractivity contribution in [3.63, 3.8) is 0 Å². The highest BCUT2D eigenvalue weighted by molar-refractivity contribution is 7.18. The summed E-state index contributed by atoms with van der Waals surface area (Å²) < 4.78 is 1.34. The Bertz CT molecular complexity index is 512. The smallest absolute Gasteiger partial charge is 0.0935 e.